The van der Waals surface area contributed by atoms with E-state index in [1.807, 2.05) is 20.8 Å². The van der Waals surface area contributed by atoms with E-state index in [-0.39, 0.29) is 6.09 Å². The number of piperidine rings is 1. The van der Waals surface area contributed by atoms with E-state index >= 15 is 0 Å². The van der Waals surface area contributed by atoms with Gasteiger partial charge in [0.15, 0.2) is 0 Å². The smallest absolute Gasteiger partial charge is 0.407 e. The van der Waals surface area contributed by atoms with Gasteiger partial charge in [-0.2, -0.15) is 0 Å². The number of rotatable bonds is 2. The minimum atomic E-state index is -0.419. The van der Waals surface area contributed by atoms with Gasteiger partial charge >= 0.3 is 6.09 Å². The molecule has 1 heterocycles. The summed E-state index contributed by atoms with van der Waals surface area (Å²) in [5.74, 6) is 0.742. The number of carbonyl (C=O) groups is 1. The van der Waals surface area contributed by atoms with Gasteiger partial charge in [0.1, 0.15) is 5.60 Å². The first kappa shape index (κ1) is 13.3. The Hall–Kier alpha value is -0.770. The van der Waals surface area contributed by atoms with Gasteiger partial charge in [-0.3, -0.25) is 0 Å². The molecular formula is C12H24N2O2. The maximum Gasteiger partial charge on any atom is 0.407 e. The normalized spacial score (nSPS) is 26.2. The summed E-state index contributed by atoms with van der Waals surface area (Å²) >= 11 is 0. The first-order valence-electron chi connectivity index (χ1n) is 6.07. The Morgan fingerprint density at radius 2 is 2.19 bits per heavy atom. The highest BCUT2D eigenvalue weighted by Crippen LogP contribution is 2.14. The average Bonchev–Trinajstić information content (AvgIpc) is 2.12. The van der Waals surface area contributed by atoms with Gasteiger partial charge in [-0.1, -0.05) is 6.92 Å². The molecule has 0 radical (unpaired) electrons. The van der Waals surface area contributed by atoms with E-state index in [9.17, 15) is 4.79 Å². The molecule has 1 amide bonds. The zero-order chi connectivity index (χ0) is 12.2. The van der Waals surface area contributed by atoms with Crippen molar-refractivity contribution in [3.05, 3.63) is 0 Å². The maximum atomic E-state index is 11.4. The van der Waals surface area contributed by atoms with E-state index < -0.39 is 5.60 Å². The fraction of sp³-hybridized carbons (Fsp3) is 0.917. The first-order chi connectivity index (χ1) is 7.37. The van der Waals surface area contributed by atoms with Gasteiger partial charge in [0.2, 0.25) is 0 Å². The monoisotopic (exact) mass is 228 g/mol. The van der Waals surface area contributed by atoms with Crippen LogP contribution in [-0.4, -0.2) is 30.8 Å². The fourth-order valence-electron chi connectivity index (χ4n) is 1.90. The second kappa shape index (κ2) is 5.53. The van der Waals surface area contributed by atoms with Crippen molar-refractivity contribution < 1.29 is 9.53 Å². The van der Waals surface area contributed by atoms with Gasteiger partial charge < -0.3 is 15.4 Å². The lowest BCUT2D eigenvalue weighted by Crippen LogP contribution is -2.46. The van der Waals surface area contributed by atoms with Crippen LogP contribution in [0.3, 0.4) is 0 Å². The van der Waals surface area contributed by atoms with Crippen molar-refractivity contribution in [2.24, 2.45) is 5.92 Å². The largest absolute Gasteiger partial charge is 0.444 e. The van der Waals surface area contributed by atoms with Crippen molar-refractivity contribution >= 4 is 6.09 Å². The van der Waals surface area contributed by atoms with Crippen LogP contribution in [0.1, 0.15) is 40.5 Å². The van der Waals surface area contributed by atoms with E-state index in [0.717, 1.165) is 18.9 Å². The highest BCUT2D eigenvalue weighted by atomic mass is 16.6. The molecule has 0 unspecified atom stereocenters. The third-order valence-corrected chi connectivity index (χ3v) is 2.65. The molecule has 1 saturated heterocycles. The molecule has 0 aromatic heterocycles. The molecular weight excluding hydrogens is 204 g/mol. The summed E-state index contributed by atoms with van der Waals surface area (Å²) in [6.45, 7) is 9.55. The molecule has 2 N–H and O–H groups in total. The van der Waals surface area contributed by atoms with Gasteiger partial charge in [-0.05, 0) is 46.1 Å². The van der Waals surface area contributed by atoms with Crippen molar-refractivity contribution in [1.82, 2.24) is 10.6 Å². The Kier molecular flexibility index (Phi) is 4.59. The summed E-state index contributed by atoms with van der Waals surface area (Å²) in [5, 5.41) is 6.20. The average molecular weight is 228 g/mol. The quantitative estimate of drug-likeness (QED) is 0.759. The number of hydrogen-bond acceptors (Lipinski definition) is 3. The Morgan fingerprint density at radius 1 is 1.50 bits per heavy atom. The van der Waals surface area contributed by atoms with Crippen LogP contribution in [0.4, 0.5) is 4.79 Å². The summed E-state index contributed by atoms with van der Waals surface area (Å²) in [6.07, 6.45) is 2.02. The highest BCUT2D eigenvalue weighted by molar-refractivity contribution is 5.67. The predicted octanol–water partition coefficient (Wildman–Crippen LogP) is 1.90. The SMILES string of the molecule is C[C@@H]1CCN[C@H](CNC(=O)OC(C)(C)C)C1. The molecule has 94 valence electrons. The van der Waals surface area contributed by atoms with E-state index in [1.54, 1.807) is 0 Å². The number of alkyl carbamates (subject to hydrolysis) is 1. The molecule has 0 spiro atoms. The molecule has 0 aliphatic carbocycles. The molecule has 4 nitrogen and oxygen atoms in total. The van der Waals surface area contributed by atoms with Crippen molar-refractivity contribution in [2.75, 3.05) is 13.1 Å². The van der Waals surface area contributed by atoms with Crippen LogP contribution >= 0.6 is 0 Å². The summed E-state index contributed by atoms with van der Waals surface area (Å²) in [7, 11) is 0. The molecule has 0 aromatic rings. The first-order valence-corrected chi connectivity index (χ1v) is 6.07. The van der Waals surface area contributed by atoms with Crippen molar-refractivity contribution in [2.45, 2.75) is 52.2 Å². The summed E-state index contributed by atoms with van der Waals surface area (Å²) in [4.78, 5) is 11.4. The summed E-state index contributed by atoms with van der Waals surface area (Å²) < 4.78 is 5.18. The molecule has 0 aromatic carbocycles. The third-order valence-electron chi connectivity index (χ3n) is 2.65. The van der Waals surface area contributed by atoms with E-state index in [1.165, 1.54) is 6.42 Å². The highest BCUT2D eigenvalue weighted by Gasteiger charge is 2.20. The number of hydrogen-bond donors (Lipinski definition) is 2. The Morgan fingerprint density at radius 3 is 2.75 bits per heavy atom. The molecule has 1 rings (SSSR count). The van der Waals surface area contributed by atoms with Crippen LogP contribution in [0.5, 0.6) is 0 Å². The van der Waals surface area contributed by atoms with Gasteiger partial charge in [-0.25, -0.2) is 4.79 Å². The Labute approximate surface area is 98.1 Å². The van der Waals surface area contributed by atoms with E-state index in [2.05, 4.69) is 17.6 Å². The number of ether oxygens (including phenoxy) is 1. The van der Waals surface area contributed by atoms with Gasteiger partial charge in [0.25, 0.3) is 0 Å². The predicted molar refractivity (Wildman–Crippen MR) is 64.4 cm³/mol. The second-order valence-corrected chi connectivity index (χ2v) is 5.66. The summed E-state index contributed by atoms with van der Waals surface area (Å²) in [6, 6.07) is 0.385. The molecule has 16 heavy (non-hydrogen) atoms. The van der Waals surface area contributed by atoms with Crippen LogP contribution in [0.2, 0.25) is 0 Å². The minimum absolute atomic E-state index is 0.326. The van der Waals surface area contributed by atoms with E-state index in [4.69, 9.17) is 4.74 Å². The molecule has 2 atom stereocenters. The van der Waals surface area contributed by atoms with Gasteiger partial charge in [0, 0.05) is 12.6 Å². The lowest BCUT2D eigenvalue weighted by Gasteiger charge is -2.28. The van der Waals surface area contributed by atoms with E-state index in [0.29, 0.717) is 12.6 Å². The Bertz CT molecular complexity index is 236. The van der Waals surface area contributed by atoms with Gasteiger partial charge in [0.05, 0.1) is 0 Å². The molecule has 4 heteroatoms. The molecule has 1 fully saturated rings. The van der Waals surface area contributed by atoms with Crippen molar-refractivity contribution in [1.29, 1.82) is 0 Å². The standard InChI is InChI=1S/C12H24N2O2/c1-9-5-6-13-10(7-9)8-14-11(15)16-12(2,3)4/h9-10,13H,5-8H2,1-4H3,(H,14,15)/t9-,10+/m1/s1. The molecule has 1 aliphatic heterocycles. The molecule has 0 bridgehead atoms. The van der Waals surface area contributed by atoms with Crippen LogP contribution in [0, 0.1) is 5.92 Å². The van der Waals surface area contributed by atoms with Crippen LogP contribution in [0.15, 0.2) is 0 Å². The summed E-state index contributed by atoms with van der Waals surface area (Å²) in [5.41, 5.74) is -0.419. The van der Waals surface area contributed by atoms with Crippen molar-refractivity contribution in [3.63, 3.8) is 0 Å². The number of carbonyl (C=O) groups excluding carboxylic acids is 1. The van der Waals surface area contributed by atoms with Crippen LogP contribution in [0.25, 0.3) is 0 Å². The van der Waals surface area contributed by atoms with Crippen LogP contribution < -0.4 is 10.6 Å². The Balaban J connectivity index is 2.21. The van der Waals surface area contributed by atoms with Gasteiger partial charge in [-0.15, -0.1) is 0 Å². The zero-order valence-corrected chi connectivity index (χ0v) is 10.8. The van der Waals surface area contributed by atoms with Crippen LogP contribution in [-0.2, 0) is 4.74 Å². The number of nitrogens with one attached hydrogen (secondary N) is 2. The number of amides is 1. The second-order valence-electron chi connectivity index (χ2n) is 5.66. The maximum absolute atomic E-state index is 11.4. The molecule has 0 saturated carbocycles. The minimum Gasteiger partial charge on any atom is -0.444 e. The topological polar surface area (TPSA) is 50.4 Å². The fourth-order valence-corrected chi connectivity index (χ4v) is 1.90. The third kappa shape index (κ3) is 5.35. The lowest BCUT2D eigenvalue weighted by molar-refractivity contribution is 0.0519. The molecule has 1 aliphatic rings. The lowest BCUT2D eigenvalue weighted by atomic mass is 9.94. The zero-order valence-electron chi connectivity index (χ0n) is 10.8. The van der Waals surface area contributed by atoms with Crippen molar-refractivity contribution in [3.8, 4) is 0 Å².